The van der Waals surface area contributed by atoms with Crippen molar-refractivity contribution < 1.29 is 14.0 Å². The number of nitriles is 1. The summed E-state index contributed by atoms with van der Waals surface area (Å²) in [7, 11) is 0. The van der Waals surface area contributed by atoms with Gasteiger partial charge in [-0.1, -0.05) is 18.2 Å². The number of amides is 2. The van der Waals surface area contributed by atoms with Gasteiger partial charge < -0.3 is 16.0 Å². The van der Waals surface area contributed by atoms with Gasteiger partial charge in [0.1, 0.15) is 11.9 Å². The molecule has 2 aromatic carbocycles. The van der Waals surface area contributed by atoms with E-state index in [1.807, 2.05) is 18.2 Å². The molecule has 2 fully saturated rings. The topological polar surface area (TPSA) is 94.0 Å². The van der Waals surface area contributed by atoms with Crippen LogP contribution >= 0.6 is 0 Å². The summed E-state index contributed by atoms with van der Waals surface area (Å²) >= 11 is 0. The Labute approximate surface area is 179 Å². The molecule has 0 radical (unpaired) electrons. The number of nitrogens with one attached hydrogen (secondary N) is 3. The second-order valence-corrected chi connectivity index (χ2v) is 8.71. The number of hydrogen-bond acceptors (Lipinski definition) is 4. The second-order valence-electron chi connectivity index (χ2n) is 8.71. The highest BCUT2D eigenvalue weighted by Crippen LogP contribution is 2.35. The van der Waals surface area contributed by atoms with Gasteiger partial charge in [0.15, 0.2) is 0 Å². The van der Waals surface area contributed by atoms with Crippen LogP contribution in [0.25, 0.3) is 11.1 Å². The summed E-state index contributed by atoms with van der Waals surface area (Å²) in [5.41, 5.74) is 3.60. The molecule has 4 unspecified atom stereocenters. The lowest BCUT2D eigenvalue weighted by Gasteiger charge is -2.23. The Morgan fingerprint density at radius 1 is 1.23 bits per heavy atom. The normalized spacial score (nSPS) is 24.4. The van der Waals surface area contributed by atoms with Gasteiger partial charge in [-0.3, -0.25) is 9.59 Å². The van der Waals surface area contributed by atoms with Crippen LogP contribution in [0.4, 0.5) is 10.1 Å². The number of hydrogen-bond donors (Lipinski definition) is 3. The number of rotatable bonds is 5. The van der Waals surface area contributed by atoms with E-state index in [0.717, 1.165) is 36.1 Å². The Kier molecular flexibility index (Phi) is 4.95. The Morgan fingerprint density at radius 2 is 2.03 bits per heavy atom. The van der Waals surface area contributed by atoms with Crippen LogP contribution in [0.5, 0.6) is 0 Å². The summed E-state index contributed by atoms with van der Waals surface area (Å²) in [5, 5.41) is 18.4. The molecule has 3 N–H and O–H groups in total. The first-order valence-electron chi connectivity index (χ1n) is 10.7. The highest BCUT2D eigenvalue weighted by molar-refractivity contribution is 5.99. The van der Waals surface area contributed by atoms with Crippen molar-refractivity contribution in [2.45, 2.75) is 50.2 Å². The summed E-state index contributed by atoms with van der Waals surface area (Å²) < 4.78 is 14.8. The molecule has 0 aromatic heterocycles. The van der Waals surface area contributed by atoms with Crippen LogP contribution in [0.15, 0.2) is 36.4 Å². The van der Waals surface area contributed by atoms with Crippen LogP contribution in [-0.2, 0) is 22.4 Å². The fourth-order valence-corrected chi connectivity index (χ4v) is 5.06. The monoisotopic (exact) mass is 418 g/mol. The molecular formula is C24H23FN4O2. The third kappa shape index (κ3) is 3.79. The number of carbonyl (C=O) groups is 2. The van der Waals surface area contributed by atoms with E-state index in [1.165, 1.54) is 6.07 Å². The van der Waals surface area contributed by atoms with E-state index < -0.39 is 11.9 Å². The number of benzene rings is 2. The van der Waals surface area contributed by atoms with Crippen molar-refractivity contribution in [1.29, 1.82) is 5.26 Å². The van der Waals surface area contributed by atoms with E-state index in [0.29, 0.717) is 29.5 Å². The molecule has 2 heterocycles. The Morgan fingerprint density at radius 3 is 2.74 bits per heavy atom. The zero-order chi connectivity index (χ0) is 21.5. The summed E-state index contributed by atoms with van der Waals surface area (Å²) in [6.07, 6.45) is 3.58. The van der Waals surface area contributed by atoms with Crippen LogP contribution in [-0.4, -0.2) is 29.9 Å². The first kappa shape index (κ1) is 19.7. The molecule has 0 spiro atoms. The lowest BCUT2D eigenvalue weighted by atomic mass is 9.97. The van der Waals surface area contributed by atoms with E-state index in [1.54, 1.807) is 12.1 Å². The van der Waals surface area contributed by atoms with Crippen molar-refractivity contribution in [3.8, 4) is 17.2 Å². The van der Waals surface area contributed by atoms with Gasteiger partial charge in [0.25, 0.3) is 0 Å². The summed E-state index contributed by atoms with van der Waals surface area (Å²) in [5.74, 6) is -0.297. The highest BCUT2D eigenvalue weighted by Gasteiger charge is 2.43. The largest absolute Gasteiger partial charge is 0.339 e. The van der Waals surface area contributed by atoms with E-state index in [2.05, 4.69) is 22.0 Å². The van der Waals surface area contributed by atoms with Crippen LogP contribution in [0, 0.1) is 23.1 Å². The molecule has 1 saturated carbocycles. The van der Waals surface area contributed by atoms with Gasteiger partial charge in [-0.2, -0.15) is 5.26 Å². The van der Waals surface area contributed by atoms with Crippen molar-refractivity contribution in [3.05, 3.63) is 53.3 Å². The summed E-state index contributed by atoms with van der Waals surface area (Å²) in [6, 6.07) is 11.9. The predicted molar refractivity (Wildman–Crippen MR) is 113 cm³/mol. The van der Waals surface area contributed by atoms with Crippen LogP contribution in [0.3, 0.4) is 0 Å². The molecule has 7 heteroatoms. The zero-order valence-corrected chi connectivity index (χ0v) is 17.0. The molecule has 2 aromatic rings. The molecular weight excluding hydrogens is 395 g/mol. The van der Waals surface area contributed by atoms with Gasteiger partial charge in [0.05, 0.1) is 18.5 Å². The highest BCUT2D eigenvalue weighted by atomic mass is 19.1. The molecule has 4 atom stereocenters. The molecule has 31 heavy (non-hydrogen) atoms. The minimum Gasteiger partial charge on any atom is -0.339 e. The number of fused-ring (bicyclic) bond motifs is 3. The lowest BCUT2D eigenvalue weighted by Crippen LogP contribution is -2.50. The zero-order valence-electron chi connectivity index (χ0n) is 17.0. The third-order valence-electron chi connectivity index (χ3n) is 6.66. The molecule has 2 aliphatic heterocycles. The predicted octanol–water partition coefficient (Wildman–Crippen LogP) is 2.68. The Balaban J connectivity index is 1.27. The molecule has 1 saturated heterocycles. The van der Waals surface area contributed by atoms with Gasteiger partial charge in [-0.25, -0.2) is 4.39 Å². The average molecular weight is 418 g/mol. The number of nitrogens with zero attached hydrogens (tertiary/aromatic N) is 1. The standard InChI is InChI=1S/C24H23FN4O2/c25-20-10-14(13-4-6-21-17(7-13)11-22(30)29-21)1-2-15(20)8-19(12-26)28-24(31)23-16-3-5-18(9-16)27-23/h1-2,4,6-7,10,16,18-19,23,27H,3,5,8-9,11H2,(H,28,31)(H,29,30). The first-order chi connectivity index (χ1) is 15.0. The van der Waals surface area contributed by atoms with Gasteiger partial charge in [0.2, 0.25) is 11.8 Å². The Hall–Kier alpha value is -3.24. The smallest absolute Gasteiger partial charge is 0.238 e. The summed E-state index contributed by atoms with van der Waals surface area (Å²) in [6.45, 7) is 0. The molecule has 158 valence electrons. The van der Waals surface area contributed by atoms with Crippen molar-refractivity contribution in [1.82, 2.24) is 10.6 Å². The van der Waals surface area contributed by atoms with Crippen molar-refractivity contribution >= 4 is 17.5 Å². The van der Waals surface area contributed by atoms with Crippen LogP contribution < -0.4 is 16.0 Å². The quantitative estimate of drug-likeness (QED) is 0.696. The van der Waals surface area contributed by atoms with E-state index in [4.69, 9.17) is 0 Å². The van der Waals surface area contributed by atoms with E-state index in [-0.39, 0.29) is 24.3 Å². The maximum Gasteiger partial charge on any atom is 0.238 e. The molecule has 6 nitrogen and oxygen atoms in total. The maximum absolute atomic E-state index is 14.8. The van der Waals surface area contributed by atoms with Gasteiger partial charge in [0, 0.05) is 18.2 Å². The van der Waals surface area contributed by atoms with E-state index >= 15 is 0 Å². The lowest BCUT2D eigenvalue weighted by molar-refractivity contribution is -0.124. The van der Waals surface area contributed by atoms with Crippen molar-refractivity contribution in [3.63, 3.8) is 0 Å². The molecule has 5 rings (SSSR count). The summed E-state index contributed by atoms with van der Waals surface area (Å²) in [4.78, 5) is 24.1. The first-order valence-corrected chi connectivity index (χ1v) is 10.7. The molecule has 1 aliphatic carbocycles. The molecule has 2 amide bonds. The van der Waals surface area contributed by atoms with Gasteiger partial charge in [-0.05, 0) is 65.6 Å². The van der Waals surface area contributed by atoms with E-state index in [9.17, 15) is 19.2 Å². The van der Waals surface area contributed by atoms with Crippen LogP contribution in [0.2, 0.25) is 0 Å². The maximum atomic E-state index is 14.8. The second kappa shape index (κ2) is 7.78. The molecule has 2 bridgehead atoms. The number of halogens is 1. The average Bonchev–Trinajstić information content (AvgIpc) is 3.48. The number of anilines is 1. The minimum atomic E-state index is -0.786. The van der Waals surface area contributed by atoms with Crippen LogP contribution in [0.1, 0.15) is 30.4 Å². The number of carbonyl (C=O) groups excluding carboxylic acids is 2. The SMILES string of the molecule is N#CC(Cc1ccc(-c2ccc3c(c2)CC(=O)N3)cc1F)NC(=O)C1NC2CCC1C2. The van der Waals surface area contributed by atoms with Gasteiger partial charge >= 0.3 is 0 Å². The number of piperidine rings is 1. The third-order valence-corrected chi connectivity index (χ3v) is 6.66. The molecule has 3 aliphatic rings. The van der Waals surface area contributed by atoms with Crippen molar-refractivity contribution in [2.24, 2.45) is 5.92 Å². The van der Waals surface area contributed by atoms with Crippen molar-refractivity contribution in [2.75, 3.05) is 5.32 Å². The Bertz CT molecular complexity index is 1110. The van der Waals surface area contributed by atoms with Gasteiger partial charge in [-0.15, -0.1) is 0 Å². The fourth-order valence-electron chi connectivity index (χ4n) is 5.06. The minimum absolute atomic E-state index is 0.0427. The fraction of sp³-hybridized carbons (Fsp3) is 0.375.